The first kappa shape index (κ1) is 19.9. The number of aromatic amines is 1. The van der Waals surface area contributed by atoms with Crippen LogP contribution < -0.4 is 0 Å². The molecule has 1 N–H and O–H groups in total. The van der Waals surface area contributed by atoms with Crippen LogP contribution in [0.3, 0.4) is 0 Å². The lowest BCUT2D eigenvalue weighted by Gasteiger charge is -2.36. The molecule has 2 aliphatic rings. The number of imide groups is 1. The predicted octanol–water partition coefficient (Wildman–Crippen LogP) is 5.37. The van der Waals surface area contributed by atoms with Crippen LogP contribution in [0, 0.1) is 0 Å². The van der Waals surface area contributed by atoms with Crippen molar-refractivity contribution in [3.8, 4) is 0 Å². The Labute approximate surface area is 183 Å². The number of rotatable bonds is 5. The molecule has 0 saturated carbocycles. The number of amides is 3. The molecule has 0 spiro atoms. The van der Waals surface area contributed by atoms with Gasteiger partial charge in [-0.25, -0.2) is 4.79 Å². The highest BCUT2D eigenvalue weighted by Crippen LogP contribution is 2.44. The molecule has 1 saturated heterocycles. The number of hydrogen-bond acceptors (Lipinski definition) is 2. The van der Waals surface area contributed by atoms with Crippen molar-refractivity contribution in [1.29, 1.82) is 0 Å². The third-order valence-electron chi connectivity index (χ3n) is 6.79. The molecule has 0 bridgehead atoms. The first-order chi connectivity index (χ1) is 15.0. The van der Waals surface area contributed by atoms with Crippen LogP contribution in [0.5, 0.6) is 0 Å². The van der Waals surface area contributed by atoms with Crippen LogP contribution in [0.25, 0.3) is 10.9 Å². The summed E-state index contributed by atoms with van der Waals surface area (Å²) < 4.78 is 0. The lowest BCUT2D eigenvalue weighted by atomic mass is 9.88. The lowest BCUT2D eigenvalue weighted by molar-refractivity contribution is -0.128. The zero-order chi connectivity index (χ0) is 21.7. The quantitative estimate of drug-likeness (QED) is 0.570. The molecule has 5 heteroatoms. The van der Waals surface area contributed by atoms with Crippen molar-refractivity contribution in [2.24, 2.45) is 0 Å². The average molecular weight is 416 g/mol. The van der Waals surface area contributed by atoms with Crippen LogP contribution >= 0.6 is 0 Å². The van der Waals surface area contributed by atoms with E-state index >= 15 is 0 Å². The molecule has 3 amide bonds. The molecule has 2 unspecified atom stereocenters. The summed E-state index contributed by atoms with van der Waals surface area (Å²) >= 11 is 0. The minimum atomic E-state index is -0.439. The summed E-state index contributed by atoms with van der Waals surface area (Å²) in [4.78, 5) is 33.6. The van der Waals surface area contributed by atoms with Gasteiger partial charge in [0.25, 0.3) is 5.91 Å². The van der Waals surface area contributed by atoms with E-state index in [0.717, 1.165) is 40.6 Å². The minimum absolute atomic E-state index is 0.0572. The van der Waals surface area contributed by atoms with Gasteiger partial charge >= 0.3 is 6.03 Å². The number of unbranched alkanes of at least 4 members (excludes halogenated alkanes) is 1. The molecule has 2 aliphatic heterocycles. The number of carbonyl (C=O) groups is 2. The number of aromatic nitrogens is 1. The standard InChI is InChI=1S/C26H29N3O2/c1-4-5-14-28-25(30)22-15-20-19-8-6-7-9-21(19)27-23(20)24(29(22)26(28)31)18-12-10-17(11-13-18)16(2)3/h6-13,16,22,24,27H,4-5,14-15H2,1-3H3. The van der Waals surface area contributed by atoms with Gasteiger partial charge in [-0.1, -0.05) is 69.7 Å². The summed E-state index contributed by atoms with van der Waals surface area (Å²) in [7, 11) is 0. The smallest absolute Gasteiger partial charge is 0.328 e. The molecule has 5 nitrogen and oxygen atoms in total. The van der Waals surface area contributed by atoms with E-state index in [0.29, 0.717) is 18.9 Å². The maximum Gasteiger partial charge on any atom is 0.328 e. The first-order valence-electron chi connectivity index (χ1n) is 11.3. The van der Waals surface area contributed by atoms with Crippen molar-refractivity contribution in [1.82, 2.24) is 14.8 Å². The highest BCUT2D eigenvalue weighted by Gasteiger charge is 2.52. The molecule has 2 aromatic carbocycles. The Morgan fingerprint density at radius 3 is 2.52 bits per heavy atom. The molecule has 2 atom stereocenters. The fourth-order valence-corrected chi connectivity index (χ4v) is 5.06. The Morgan fingerprint density at radius 2 is 1.81 bits per heavy atom. The summed E-state index contributed by atoms with van der Waals surface area (Å²) in [6, 6.07) is 15.8. The maximum absolute atomic E-state index is 13.5. The molecule has 3 aromatic rings. The van der Waals surface area contributed by atoms with E-state index in [1.165, 1.54) is 10.5 Å². The number of benzene rings is 2. The van der Waals surface area contributed by atoms with Gasteiger partial charge in [-0.3, -0.25) is 14.6 Å². The van der Waals surface area contributed by atoms with Gasteiger partial charge in [-0.15, -0.1) is 0 Å². The normalized spacial score (nSPS) is 20.6. The second-order valence-corrected chi connectivity index (χ2v) is 9.04. The Balaban J connectivity index is 1.65. The van der Waals surface area contributed by atoms with Crippen LogP contribution in [0.1, 0.15) is 68.0 Å². The van der Waals surface area contributed by atoms with Crippen LogP contribution in [-0.2, 0) is 11.2 Å². The Kier molecular flexibility index (Phi) is 4.84. The van der Waals surface area contributed by atoms with E-state index in [1.54, 1.807) is 0 Å². The number of nitrogens with zero attached hydrogens (tertiary/aromatic N) is 2. The third kappa shape index (κ3) is 3.06. The van der Waals surface area contributed by atoms with E-state index < -0.39 is 6.04 Å². The summed E-state index contributed by atoms with van der Waals surface area (Å²) in [5.74, 6) is 0.384. The number of carbonyl (C=O) groups excluding carboxylic acids is 2. The summed E-state index contributed by atoms with van der Waals surface area (Å²) in [5, 5.41) is 1.15. The largest absolute Gasteiger partial charge is 0.356 e. The van der Waals surface area contributed by atoms with Gasteiger partial charge in [0.2, 0.25) is 0 Å². The summed E-state index contributed by atoms with van der Waals surface area (Å²) in [6.45, 7) is 6.93. The van der Waals surface area contributed by atoms with Crippen molar-refractivity contribution >= 4 is 22.8 Å². The number of urea groups is 1. The monoisotopic (exact) mass is 415 g/mol. The number of nitrogens with one attached hydrogen (secondary N) is 1. The molecular formula is C26H29N3O2. The fraction of sp³-hybridized carbons (Fsp3) is 0.385. The average Bonchev–Trinajstić information content (AvgIpc) is 3.26. The molecule has 31 heavy (non-hydrogen) atoms. The third-order valence-corrected chi connectivity index (χ3v) is 6.79. The van der Waals surface area contributed by atoms with Gasteiger partial charge in [-0.05, 0) is 35.1 Å². The molecule has 0 radical (unpaired) electrons. The predicted molar refractivity (Wildman–Crippen MR) is 122 cm³/mol. The number of hydrogen-bond donors (Lipinski definition) is 1. The molecule has 0 aliphatic carbocycles. The van der Waals surface area contributed by atoms with Crippen LogP contribution in [0.4, 0.5) is 4.79 Å². The van der Waals surface area contributed by atoms with Gasteiger partial charge in [-0.2, -0.15) is 0 Å². The van der Waals surface area contributed by atoms with Crippen molar-refractivity contribution < 1.29 is 9.59 Å². The second kappa shape index (κ2) is 7.56. The Hall–Kier alpha value is -3.08. The highest BCUT2D eigenvalue weighted by molar-refractivity contribution is 6.05. The van der Waals surface area contributed by atoms with Gasteiger partial charge < -0.3 is 4.98 Å². The summed E-state index contributed by atoms with van der Waals surface area (Å²) in [6.07, 6.45) is 2.35. The van der Waals surface area contributed by atoms with E-state index in [9.17, 15) is 9.59 Å². The Morgan fingerprint density at radius 1 is 1.06 bits per heavy atom. The van der Waals surface area contributed by atoms with Crippen LogP contribution in [0.15, 0.2) is 48.5 Å². The minimum Gasteiger partial charge on any atom is -0.356 e. The zero-order valence-electron chi connectivity index (χ0n) is 18.4. The molecule has 5 rings (SSSR count). The highest BCUT2D eigenvalue weighted by atomic mass is 16.2. The Bertz CT molecular complexity index is 1150. The molecule has 160 valence electrons. The fourth-order valence-electron chi connectivity index (χ4n) is 5.06. The first-order valence-corrected chi connectivity index (χ1v) is 11.3. The molecular weight excluding hydrogens is 386 g/mol. The van der Waals surface area contributed by atoms with Gasteiger partial charge in [0.05, 0.1) is 0 Å². The van der Waals surface area contributed by atoms with E-state index in [-0.39, 0.29) is 18.0 Å². The zero-order valence-corrected chi connectivity index (χ0v) is 18.4. The second-order valence-electron chi connectivity index (χ2n) is 9.04. The lowest BCUT2D eigenvalue weighted by Crippen LogP contribution is -2.44. The van der Waals surface area contributed by atoms with Crippen molar-refractivity contribution in [2.75, 3.05) is 6.54 Å². The van der Waals surface area contributed by atoms with E-state index in [4.69, 9.17) is 0 Å². The van der Waals surface area contributed by atoms with E-state index in [2.05, 4.69) is 62.2 Å². The van der Waals surface area contributed by atoms with Crippen LogP contribution in [-0.4, -0.2) is 39.3 Å². The van der Waals surface area contributed by atoms with Gasteiger partial charge in [0, 0.05) is 29.6 Å². The molecule has 1 aromatic heterocycles. The molecule has 1 fully saturated rings. The number of para-hydroxylation sites is 1. The van der Waals surface area contributed by atoms with Crippen molar-refractivity contribution in [2.45, 2.75) is 58.0 Å². The van der Waals surface area contributed by atoms with E-state index in [1.807, 2.05) is 17.0 Å². The molecule has 3 heterocycles. The topological polar surface area (TPSA) is 56.4 Å². The maximum atomic E-state index is 13.5. The number of H-pyrrole nitrogens is 1. The SMILES string of the molecule is CCCCN1C(=O)C2Cc3c([nH]c4ccccc34)C(c3ccc(C(C)C)cc3)N2C1=O. The number of fused-ring (bicyclic) bond motifs is 4. The van der Waals surface area contributed by atoms with Crippen molar-refractivity contribution in [3.05, 3.63) is 70.9 Å². The van der Waals surface area contributed by atoms with Crippen molar-refractivity contribution in [3.63, 3.8) is 0 Å². The van der Waals surface area contributed by atoms with Gasteiger partial charge in [0.15, 0.2) is 0 Å². The van der Waals surface area contributed by atoms with Gasteiger partial charge in [0.1, 0.15) is 12.1 Å². The van der Waals surface area contributed by atoms with Crippen LogP contribution in [0.2, 0.25) is 0 Å². The summed E-state index contributed by atoms with van der Waals surface area (Å²) in [5.41, 5.74) is 5.56.